The molecule has 0 aliphatic heterocycles. The normalized spacial score (nSPS) is 36.5. The third-order valence-electron chi connectivity index (χ3n) is 2.43. The van der Waals surface area contributed by atoms with Crippen molar-refractivity contribution in [1.29, 1.82) is 0 Å². The van der Waals surface area contributed by atoms with Crippen molar-refractivity contribution >= 4 is 0 Å². The molecular weight excluding hydrogens is 150 g/mol. The van der Waals surface area contributed by atoms with Crippen molar-refractivity contribution in [2.45, 2.75) is 45.1 Å². The Morgan fingerprint density at radius 3 is 2.00 bits per heavy atom. The first-order valence-electron chi connectivity index (χ1n) is 3.86. The Kier molecular flexibility index (Phi) is 1.95. The first-order valence-corrected chi connectivity index (χ1v) is 3.86. The fraction of sp³-hybridized carbons (Fsp3) is 1.00. The number of alkyl halides is 2. The average molecular weight is 164 g/mol. The van der Waals surface area contributed by atoms with Crippen LogP contribution in [0.2, 0.25) is 0 Å². The fourth-order valence-corrected chi connectivity index (χ4v) is 1.75. The summed E-state index contributed by atoms with van der Waals surface area (Å²) in [6.07, 6.45) is -1.45. The van der Waals surface area contributed by atoms with E-state index in [0.29, 0.717) is 6.42 Å². The van der Waals surface area contributed by atoms with Crippen LogP contribution in [0.3, 0.4) is 0 Å². The molecule has 0 spiro atoms. The van der Waals surface area contributed by atoms with E-state index >= 15 is 0 Å². The molecule has 0 amide bonds. The summed E-state index contributed by atoms with van der Waals surface area (Å²) < 4.78 is 24.4. The van der Waals surface area contributed by atoms with E-state index in [1.165, 1.54) is 0 Å². The van der Waals surface area contributed by atoms with Crippen LogP contribution in [0.5, 0.6) is 0 Å². The van der Waals surface area contributed by atoms with Gasteiger partial charge in [-0.25, -0.2) is 8.78 Å². The van der Waals surface area contributed by atoms with Crippen molar-refractivity contribution in [3.8, 4) is 0 Å². The third kappa shape index (κ3) is 1.70. The predicted octanol–water partition coefficient (Wildman–Crippen LogP) is 2.19. The molecule has 0 saturated heterocycles. The van der Waals surface area contributed by atoms with Crippen LogP contribution in [0.1, 0.15) is 33.1 Å². The Bertz CT molecular complexity index is 156. The molecule has 1 aliphatic rings. The number of aliphatic hydroxyl groups is 1. The van der Waals surface area contributed by atoms with Crippen molar-refractivity contribution in [1.82, 2.24) is 0 Å². The van der Waals surface area contributed by atoms with E-state index in [-0.39, 0.29) is 18.3 Å². The van der Waals surface area contributed by atoms with Crippen LogP contribution < -0.4 is 0 Å². The SMILES string of the molecule is CC1(C)CCC(O)(C(F)F)C1. The van der Waals surface area contributed by atoms with Gasteiger partial charge in [-0.1, -0.05) is 13.8 Å². The second-order valence-electron chi connectivity index (χ2n) is 4.25. The summed E-state index contributed by atoms with van der Waals surface area (Å²) in [4.78, 5) is 0. The van der Waals surface area contributed by atoms with Crippen LogP contribution in [-0.2, 0) is 0 Å². The summed E-state index contributed by atoms with van der Waals surface area (Å²) in [6, 6.07) is 0. The molecule has 0 aromatic rings. The van der Waals surface area contributed by atoms with E-state index in [4.69, 9.17) is 0 Å². The lowest BCUT2D eigenvalue weighted by Gasteiger charge is -2.23. The fourth-order valence-electron chi connectivity index (χ4n) is 1.75. The molecule has 1 saturated carbocycles. The minimum atomic E-state index is -2.59. The molecule has 0 bridgehead atoms. The van der Waals surface area contributed by atoms with Crippen LogP contribution in [0, 0.1) is 5.41 Å². The third-order valence-corrected chi connectivity index (χ3v) is 2.43. The number of rotatable bonds is 1. The van der Waals surface area contributed by atoms with Gasteiger partial charge in [0, 0.05) is 0 Å². The van der Waals surface area contributed by atoms with Crippen LogP contribution in [0.15, 0.2) is 0 Å². The topological polar surface area (TPSA) is 20.2 Å². The first kappa shape index (κ1) is 8.91. The lowest BCUT2D eigenvalue weighted by Crippen LogP contribution is -2.34. The highest BCUT2D eigenvalue weighted by atomic mass is 19.3. The summed E-state index contributed by atoms with van der Waals surface area (Å²) >= 11 is 0. The maximum absolute atomic E-state index is 12.2. The van der Waals surface area contributed by atoms with Crippen LogP contribution >= 0.6 is 0 Å². The van der Waals surface area contributed by atoms with Crippen LogP contribution in [-0.4, -0.2) is 17.1 Å². The van der Waals surface area contributed by atoms with E-state index in [2.05, 4.69) is 0 Å². The molecular formula is C8H14F2O. The predicted molar refractivity (Wildman–Crippen MR) is 38.6 cm³/mol. The van der Waals surface area contributed by atoms with E-state index in [0.717, 1.165) is 0 Å². The highest BCUT2D eigenvalue weighted by Crippen LogP contribution is 2.46. The molecule has 0 aromatic heterocycles. The molecule has 1 aliphatic carbocycles. The van der Waals surface area contributed by atoms with Crippen molar-refractivity contribution < 1.29 is 13.9 Å². The standard InChI is InChI=1S/C8H14F2O/c1-7(2)3-4-8(11,5-7)6(9)10/h6,11H,3-5H2,1-2H3. The Morgan fingerprint density at radius 2 is 1.82 bits per heavy atom. The Labute approximate surface area is 65.4 Å². The molecule has 0 radical (unpaired) electrons. The molecule has 66 valence electrons. The maximum Gasteiger partial charge on any atom is 0.266 e. The summed E-state index contributed by atoms with van der Waals surface area (Å²) in [5.41, 5.74) is -1.82. The van der Waals surface area contributed by atoms with Crippen molar-refractivity contribution in [3.05, 3.63) is 0 Å². The molecule has 1 atom stereocenters. The van der Waals surface area contributed by atoms with E-state index in [1.54, 1.807) is 0 Å². The quantitative estimate of drug-likeness (QED) is 0.629. The van der Waals surface area contributed by atoms with Gasteiger partial charge in [0.05, 0.1) is 0 Å². The van der Waals surface area contributed by atoms with Gasteiger partial charge in [0.2, 0.25) is 0 Å². The van der Waals surface area contributed by atoms with Gasteiger partial charge in [-0.3, -0.25) is 0 Å². The maximum atomic E-state index is 12.2. The number of halogens is 2. The van der Waals surface area contributed by atoms with Gasteiger partial charge < -0.3 is 5.11 Å². The summed E-state index contributed by atoms with van der Waals surface area (Å²) in [6.45, 7) is 3.82. The van der Waals surface area contributed by atoms with Gasteiger partial charge in [-0.05, 0) is 24.7 Å². The van der Waals surface area contributed by atoms with Gasteiger partial charge in [-0.15, -0.1) is 0 Å². The molecule has 0 aromatic carbocycles. The number of hydrogen-bond acceptors (Lipinski definition) is 1. The zero-order chi connectivity index (χ0) is 8.70. The number of hydrogen-bond donors (Lipinski definition) is 1. The monoisotopic (exact) mass is 164 g/mol. The van der Waals surface area contributed by atoms with Crippen LogP contribution in [0.25, 0.3) is 0 Å². The smallest absolute Gasteiger partial charge is 0.266 e. The van der Waals surface area contributed by atoms with Gasteiger partial charge >= 0.3 is 0 Å². The summed E-state index contributed by atoms with van der Waals surface area (Å²) in [7, 11) is 0. The average Bonchev–Trinajstić information content (AvgIpc) is 2.08. The van der Waals surface area contributed by atoms with Crippen LogP contribution in [0.4, 0.5) is 8.78 Å². The second kappa shape index (κ2) is 2.41. The zero-order valence-electron chi connectivity index (χ0n) is 6.90. The van der Waals surface area contributed by atoms with E-state index < -0.39 is 12.0 Å². The molecule has 11 heavy (non-hydrogen) atoms. The van der Waals surface area contributed by atoms with Gasteiger partial charge in [0.15, 0.2) is 0 Å². The van der Waals surface area contributed by atoms with Crippen molar-refractivity contribution in [2.24, 2.45) is 5.41 Å². The second-order valence-corrected chi connectivity index (χ2v) is 4.25. The molecule has 3 heteroatoms. The summed E-state index contributed by atoms with van der Waals surface area (Å²) in [5, 5.41) is 9.35. The van der Waals surface area contributed by atoms with Gasteiger partial charge in [0.25, 0.3) is 6.43 Å². The Balaban J connectivity index is 2.65. The molecule has 1 fully saturated rings. The summed E-state index contributed by atoms with van der Waals surface area (Å²) in [5.74, 6) is 0. The Morgan fingerprint density at radius 1 is 1.27 bits per heavy atom. The molecule has 1 nitrogen and oxygen atoms in total. The highest BCUT2D eigenvalue weighted by Gasteiger charge is 2.47. The molecule has 1 unspecified atom stereocenters. The molecule has 1 N–H and O–H groups in total. The lowest BCUT2D eigenvalue weighted by atomic mass is 9.89. The van der Waals surface area contributed by atoms with E-state index in [9.17, 15) is 13.9 Å². The largest absolute Gasteiger partial charge is 0.384 e. The van der Waals surface area contributed by atoms with Gasteiger partial charge in [-0.2, -0.15) is 0 Å². The van der Waals surface area contributed by atoms with Crippen molar-refractivity contribution in [2.75, 3.05) is 0 Å². The molecule has 0 heterocycles. The van der Waals surface area contributed by atoms with Gasteiger partial charge in [0.1, 0.15) is 5.60 Å². The highest BCUT2D eigenvalue weighted by molar-refractivity contribution is 4.95. The minimum Gasteiger partial charge on any atom is -0.384 e. The molecule has 1 rings (SSSR count). The van der Waals surface area contributed by atoms with E-state index in [1.807, 2.05) is 13.8 Å². The Hall–Kier alpha value is -0.180. The lowest BCUT2D eigenvalue weighted by molar-refractivity contribution is -0.0956. The van der Waals surface area contributed by atoms with Crippen molar-refractivity contribution in [3.63, 3.8) is 0 Å². The minimum absolute atomic E-state index is 0.120. The zero-order valence-corrected chi connectivity index (χ0v) is 6.90. The first-order chi connectivity index (χ1) is 4.86.